The summed E-state index contributed by atoms with van der Waals surface area (Å²) in [5.41, 5.74) is 1.70. The van der Waals surface area contributed by atoms with E-state index >= 15 is 0 Å². The highest BCUT2D eigenvalue weighted by molar-refractivity contribution is 6.35. The Hall–Kier alpha value is -3.10. The lowest BCUT2D eigenvalue weighted by Crippen LogP contribution is -2.36. The summed E-state index contributed by atoms with van der Waals surface area (Å²) in [7, 11) is 0. The molecule has 1 aromatic heterocycles. The van der Waals surface area contributed by atoms with Gasteiger partial charge in [-0.25, -0.2) is 9.47 Å². The quantitative estimate of drug-likeness (QED) is 0.436. The number of benzene rings is 2. The number of hydrogen-bond donors (Lipinski definition) is 0. The van der Waals surface area contributed by atoms with Crippen molar-refractivity contribution in [1.29, 1.82) is 5.26 Å². The minimum atomic E-state index is 0.381. The molecule has 0 bridgehead atoms. The molecule has 2 heterocycles. The van der Waals surface area contributed by atoms with Crippen LogP contribution in [0.5, 0.6) is 11.5 Å². The van der Waals surface area contributed by atoms with Crippen LogP contribution in [-0.4, -0.2) is 4.98 Å². The van der Waals surface area contributed by atoms with E-state index < -0.39 is 0 Å². The number of quaternary nitrogens is 1. The second-order valence-corrected chi connectivity index (χ2v) is 7.46. The second-order valence-electron chi connectivity index (χ2n) is 6.61. The Balaban J connectivity index is 1.54. The first-order valence-electron chi connectivity index (χ1n) is 8.91. The number of halogens is 2. The molecule has 0 spiro atoms. The van der Waals surface area contributed by atoms with Gasteiger partial charge in [-0.3, -0.25) is 0 Å². The third-order valence-corrected chi connectivity index (χ3v) is 5.07. The summed E-state index contributed by atoms with van der Waals surface area (Å²) in [6.07, 6.45) is 9.66. The molecule has 0 aliphatic carbocycles. The highest BCUT2D eigenvalue weighted by Gasteiger charge is 2.32. The van der Waals surface area contributed by atoms with E-state index in [1.54, 1.807) is 36.5 Å². The van der Waals surface area contributed by atoms with Gasteiger partial charge in [0.05, 0.1) is 22.9 Å². The van der Waals surface area contributed by atoms with Gasteiger partial charge in [-0.05, 0) is 66.7 Å². The van der Waals surface area contributed by atoms with E-state index in [0.29, 0.717) is 32.4 Å². The van der Waals surface area contributed by atoms with Crippen molar-refractivity contribution in [2.75, 3.05) is 0 Å². The molecule has 4 nitrogen and oxygen atoms in total. The van der Waals surface area contributed by atoms with E-state index in [-0.39, 0.29) is 0 Å². The fraction of sp³-hybridized carbons (Fsp3) is 0.0435. The minimum absolute atomic E-state index is 0.381. The van der Waals surface area contributed by atoms with E-state index in [1.165, 1.54) is 0 Å². The van der Waals surface area contributed by atoms with Gasteiger partial charge in [-0.2, -0.15) is 5.26 Å². The summed E-state index contributed by atoms with van der Waals surface area (Å²) in [5.74, 6) is 2.13. The number of nitrogens with zero attached hydrogens (tertiary/aromatic N) is 3. The van der Waals surface area contributed by atoms with Crippen molar-refractivity contribution in [3.63, 3.8) is 0 Å². The van der Waals surface area contributed by atoms with E-state index in [4.69, 9.17) is 33.2 Å². The van der Waals surface area contributed by atoms with Crippen LogP contribution in [-0.2, 0) is 6.54 Å². The van der Waals surface area contributed by atoms with Gasteiger partial charge in [0.2, 0.25) is 0 Å². The normalized spacial score (nSPS) is 14.0. The second kappa shape index (κ2) is 8.10. The maximum Gasteiger partial charge on any atom is 0.256 e. The number of rotatable bonds is 5. The van der Waals surface area contributed by atoms with Gasteiger partial charge in [0.25, 0.3) is 5.82 Å². The number of pyridine rings is 1. The molecule has 0 unspecified atom stereocenters. The highest BCUT2D eigenvalue weighted by atomic mass is 35.5. The molecule has 0 saturated carbocycles. The monoisotopic (exact) mass is 420 g/mol. The van der Waals surface area contributed by atoms with Gasteiger partial charge in [-0.1, -0.05) is 23.2 Å². The van der Waals surface area contributed by atoms with Gasteiger partial charge in [-0.15, -0.1) is 0 Å². The number of ether oxygens (including phenoxy) is 1. The molecule has 0 saturated heterocycles. The summed E-state index contributed by atoms with van der Waals surface area (Å²) >= 11 is 12.4. The molecule has 0 N–H and O–H groups in total. The lowest BCUT2D eigenvalue weighted by molar-refractivity contribution is 0.473. The van der Waals surface area contributed by atoms with Gasteiger partial charge in [0, 0.05) is 5.56 Å². The van der Waals surface area contributed by atoms with E-state index in [2.05, 4.69) is 11.1 Å². The van der Waals surface area contributed by atoms with Crippen molar-refractivity contribution in [2.24, 2.45) is 0 Å². The molecule has 0 atom stereocenters. The maximum atomic E-state index is 8.88. The summed E-state index contributed by atoms with van der Waals surface area (Å²) < 4.78 is 6.24. The SMILES string of the molecule is N#Cc1ccc(Oc2ccc(C[N+]3(c4ncc(Cl)cc4Cl)C=CC=C3)cc2)cc1. The predicted octanol–water partition coefficient (Wildman–Crippen LogP) is 6.60. The Morgan fingerprint density at radius 2 is 1.55 bits per heavy atom. The molecular formula is C23H16Cl2N3O+. The van der Waals surface area contributed by atoms with Gasteiger partial charge >= 0.3 is 0 Å². The Bertz CT molecular complexity index is 1120. The molecule has 6 heteroatoms. The van der Waals surface area contributed by atoms with Crippen LogP contribution < -0.4 is 9.22 Å². The smallest absolute Gasteiger partial charge is 0.256 e. The average Bonchev–Trinajstić information content (AvgIpc) is 3.19. The molecule has 0 fully saturated rings. The number of aromatic nitrogens is 1. The minimum Gasteiger partial charge on any atom is -0.457 e. The van der Waals surface area contributed by atoms with Crippen molar-refractivity contribution < 1.29 is 4.74 Å². The zero-order valence-electron chi connectivity index (χ0n) is 15.3. The standard InChI is InChI=1S/C23H16Cl2N3O/c24-19-13-22(25)23(27-15-19)28(11-1-2-12-28)16-18-5-9-21(10-6-18)29-20-7-3-17(14-26)4-8-20/h1-13,15H,16H2/q+1. The van der Waals surface area contributed by atoms with E-state index in [0.717, 1.165) is 17.1 Å². The molecule has 4 rings (SSSR count). The summed E-state index contributed by atoms with van der Waals surface area (Å²) in [6, 6.07) is 18.7. The summed E-state index contributed by atoms with van der Waals surface area (Å²) in [6.45, 7) is 0.651. The molecule has 3 aromatic rings. The largest absolute Gasteiger partial charge is 0.457 e. The van der Waals surface area contributed by atoms with Crippen LogP contribution in [0.2, 0.25) is 10.0 Å². The summed E-state index contributed by atoms with van der Waals surface area (Å²) in [4.78, 5) is 4.47. The van der Waals surface area contributed by atoms with Crippen LogP contribution in [0.1, 0.15) is 11.1 Å². The molecule has 0 amide bonds. The first kappa shape index (κ1) is 19.2. The predicted molar refractivity (Wildman–Crippen MR) is 116 cm³/mol. The zero-order valence-corrected chi connectivity index (χ0v) is 16.8. The number of nitriles is 1. The maximum absolute atomic E-state index is 8.88. The molecule has 1 aliphatic rings. The Morgan fingerprint density at radius 1 is 0.931 bits per heavy atom. The lowest BCUT2D eigenvalue weighted by atomic mass is 10.2. The zero-order chi connectivity index (χ0) is 20.3. The van der Waals surface area contributed by atoms with E-state index in [1.807, 2.05) is 48.8 Å². The van der Waals surface area contributed by atoms with Gasteiger partial charge < -0.3 is 4.74 Å². The van der Waals surface area contributed by atoms with Crippen LogP contribution in [0.15, 0.2) is 85.3 Å². The third-order valence-electron chi connectivity index (χ3n) is 4.58. The molecule has 29 heavy (non-hydrogen) atoms. The topological polar surface area (TPSA) is 45.9 Å². The Morgan fingerprint density at radius 3 is 2.14 bits per heavy atom. The fourth-order valence-electron chi connectivity index (χ4n) is 3.19. The van der Waals surface area contributed by atoms with Crippen LogP contribution in [0.25, 0.3) is 0 Å². The van der Waals surface area contributed by atoms with Crippen molar-refractivity contribution in [1.82, 2.24) is 9.47 Å². The molecule has 0 radical (unpaired) electrons. The molecule has 142 valence electrons. The van der Waals surface area contributed by atoms with Gasteiger partial charge in [0.15, 0.2) is 0 Å². The van der Waals surface area contributed by atoms with Crippen molar-refractivity contribution in [3.8, 4) is 17.6 Å². The number of allylic oxidation sites excluding steroid dienone is 2. The molecule has 2 aromatic carbocycles. The molecule has 1 aliphatic heterocycles. The van der Waals surface area contributed by atoms with Crippen LogP contribution in [0, 0.1) is 11.3 Å². The fourth-order valence-corrected chi connectivity index (χ4v) is 3.73. The first-order valence-corrected chi connectivity index (χ1v) is 9.67. The number of hydrogen-bond acceptors (Lipinski definition) is 3. The van der Waals surface area contributed by atoms with Crippen LogP contribution >= 0.6 is 23.2 Å². The first-order chi connectivity index (χ1) is 14.1. The average molecular weight is 421 g/mol. The van der Waals surface area contributed by atoms with Gasteiger partial charge in [0.1, 0.15) is 35.5 Å². The van der Waals surface area contributed by atoms with Crippen LogP contribution in [0.3, 0.4) is 0 Å². The summed E-state index contributed by atoms with van der Waals surface area (Å²) in [5, 5.41) is 9.91. The lowest BCUT2D eigenvalue weighted by Gasteiger charge is -2.28. The van der Waals surface area contributed by atoms with Crippen molar-refractivity contribution >= 4 is 29.0 Å². The molecular weight excluding hydrogens is 405 g/mol. The van der Waals surface area contributed by atoms with Crippen molar-refractivity contribution in [3.05, 3.63) is 107 Å². The third kappa shape index (κ3) is 4.18. The van der Waals surface area contributed by atoms with Crippen LogP contribution in [0.4, 0.5) is 5.82 Å². The van der Waals surface area contributed by atoms with E-state index in [9.17, 15) is 0 Å². The van der Waals surface area contributed by atoms with Crippen molar-refractivity contribution in [2.45, 2.75) is 6.54 Å². The Labute approximate surface area is 179 Å². The Kier molecular flexibility index (Phi) is 5.37. The highest BCUT2D eigenvalue weighted by Crippen LogP contribution is 2.36.